The van der Waals surface area contributed by atoms with Crippen molar-refractivity contribution < 1.29 is 8.42 Å². The normalized spacial score (nSPS) is 13.7. The highest BCUT2D eigenvalue weighted by Crippen LogP contribution is 2.29. The maximum absolute atomic E-state index is 12.5. The Morgan fingerprint density at radius 3 is 2.35 bits per heavy atom. The molecule has 1 aromatic carbocycles. The molecule has 0 fully saturated rings. The van der Waals surface area contributed by atoms with Gasteiger partial charge in [-0.2, -0.15) is 0 Å². The van der Waals surface area contributed by atoms with Crippen LogP contribution in [0.1, 0.15) is 44.4 Å². The molecule has 124 valence electrons. The monoisotopic (exact) mass is 332 g/mol. The first-order valence-electron chi connectivity index (χ1n) is 7.69. The lowest BCUT2D eigenvalue weighted by Gasteiger charge is -2.27. The lowest BCUT2D eigenvalue weighted by atomic mass is 9.86. The first-order chi connectivity index (χ1) is 10.8. The smallest absolute Gasteiger partial charge is 0.216 e. The Bertz CT molecular complexity index is 708. The van der Waals surface area contributed by atoms with Gasteiger partial charge in [-0.05, 0) is 29.0 Å². The maximum Gasteiger partial charge on any atom is 0.216 e. The van der Waals surface area contributed by atoms with E-state index in [2.05, 4.69) is 30.5 Å². The van der Waals surface area contributed by atoms with Gasteiger partial charge in [-0.3, -0.25) is 4.98 Å². The van der Waals surface area contributed by atoms with Gasteiger partial charge in [-0.1, -0.05) is 57.2 Å². The van der Waals surface area contributed by atoms with Gasteiger partial charge in [0.1, 0.15) is 0 Å². The Kier molecular flexibility index (Phi) is 5.55. The van der Waals surface area contributed by atoms with Crippen LogP contribution < -0.4 is 4.72 Å². The van der Waals surface area contributed by atoms with Gasteiger partial charge in [-0.25, -0.2) is 13.1 Å². The van der Waals surface area contributed by atoms with Crippen LogP contribution in [0.4, 0.5) is 0 Å². The molecule has 0 bridgehead atoms. The molecular weight excluding hydrogens is 308 g/mol. The highest BCUT2D eigenvalue weighted by molar-refractivity contribution is 7.88. The third-order valence-electron chi connectivity index (χ3n) is 3.42. The summed E-state index contributed by atoms with van der Waals surface area (Å²) >= 11 is 0. The highest BCUT2D eigenvalue weighted by Gasteiger charge is 2.25. The molecule has 0 aliphatic rings. The Hall–Kier alpha value is -1.72. The third-order valence-corrected chi connectivity index (χ3v) is 4.78. The summed E-state index contributed by atoms with van der Waals surface area (Å²) in [4.78, 5) is 4.11. The van der Waals surface area contributed by atoms with Gasteiger partial charge in [0.2, 0.25) is 10.0 Å². The predicted molar refractivity (Wildman–Crippen MR) is 93.3 cm³/mol. The minimum Gasteiger partial charge on any atom is -0.264 e. The summed E-state index contributed by atoms with van der Waals surface area (Å²) in [6.45, 7) is 6.30. The van der Waals surface area contributed by atoms with Gasteiger partial charge in [-0.15, -0.1) is 0 Å². The Morgan fingerprint density at radius 1 is 1.09 bits per heavy atom. The van der Waals surface area contributed by atoms with Gasteiger partial charge in [0.15, 0.2) is 0 Å². The molecule has 1 heterocycles. The van der Waals surface area contributed by atoms with Crippen LogP contribution >= 0.6 is 0 Å². The molecule has 0 spiro atoms. The number of pyridine rings is 1. The van der Waals surface area contributed by atoms with Crippen LogP contribution in [0.15, 0.2) is 54.9 Å². The Labute approximate surface area is 139 Å². The van der Waals surface area contributed by atoms with Crippen molar-refractivity contribution in [2.24, 2.45) is 5.41 Å². The van der Waals surface area contributed by atoms with E-state index in [0.29, 0.717) is 6.42 Å². The maximum atomic E-state index is 12.5. The van der Waals surface area contributed by atoms with Crippen LogP contribution in [0.25, 0.3) is 0 Å². The standard InChI is InChI=1S/C18H24N2O2S/c1-18(2,3)12-17(16-10-7-11-19-13-16)20-23(21,22)14-15-8-5-4-6-9-15/h4-11,13,17,20H,12,14H2,1-3H3/t17-/m0/s1. The Morgan fingerprint density at radius 2 is 1.78 bits per heavy atom. The number of nitrogens with one attached hydrogen (secondary N) is 1. The molecule has 1 aromatic heterocycles. The zero-order valence-corrected chi connectivity index (χ0v) is 14.7. The minimum absolute atomic E-state index is 0.00419. The number of sulfonamides is 1. The van der Waals surface area contributed by atoms with E-state index in [1.807, 2.05) is 42.5 Å². The fraction of sp³-hybridized carbons (Fsp3) is 0.389. The van der Waals surface area contributed by atoms with Crippen LogP contribution in [-0.4, -0.2) is 13.4 Å². The zero-order chi connectivity index (χ0) is 16.9. The SMILES string of the molecule is CC(C)(C)C[C@H](NS(=O)(=O)Cc1ccccc1)c1cccnc1. The molecule has 2 aromatic rings. The average Bonchev–Trinajstić information content (AvgIpc) is 2.46. The van der Waals surface area contributed by atoms with E-state index in [9.17, 15) is 8.42 Å². The second-order valence-corrected chi connectivity index (χ2v) is 8.72. The van der Waals surface area contributed by atoms with Crippen molar-refractivity contribution in [2.75, 3.05) is 0 Å². The van der Waals surface area contributed by atoms with Gasteiger partial charge in [0, 0.05) is 18.4 Å². The predicted octanol–water partition coefficient (Wildman–Crippen LogP) is 3.68. The second kappa shape index (κ2) is 7.23. The molecule has 0 aliphatic carbocycles. The number of rotatable bonds is 6. The molecule has 4 nitrogen and oxygen atoms in total. The van der Waals surface area contributed by atoms with Crippen molar-refractivity contribution in [1.82, 2.24) is 9.71 Å². The molecule has 0 saturated carbocycles. The molecule has 0 unspecified atom stereocenters. The van der Waals surface area contributed by atoms with Gasteiger partial charge >= 0.3 is 0 Å². The largest absolute Gasteiger partial charge is 0.264 e. The number of aromatic nitrogens is 1. The van der Waals surface area contributed by atoms with E-state index in [4.69, 9.17) is 0 Å². The summed E-state index contributed by atoms with van der Waals surface area (Å²) < 4.78 is 27.9. The molecule has 0 aliphatic heterocycles. The molecule has 0 amide bonds. The Balaban J connectivity index is 2.19. The summed E-state index contributed by atoms with van der Waals surface area (Å²) in [6, 6.07) is 12.7. The fourth-order valence-corrected chi connectivity index (χ4v) is 3.84. The van der Waals surface area contributed by atoms with Crippen molar-refractivity contribution >= 4 is 10.0 Å². The summed E-state index contributed by atoms with van der Waals surface area (Å²) in [6.07, 6.45) is 4.12. The van der Waals surface area contributed by atoms with Gasteiger partial charge in [0.05, 0.1) is 5.75 Å². The van der Waals surface area contributed by atoms with E-state index < -0.39 is 10.0 Å². The molecule has 0 saturated heterocycles. The van der Waals surface area contributed by atoms with E-state index in [0.717, 1.165) is 11.1 Å². The number of hydrogen-bond donors (Lipinski definition) is 1. The summed E-state index contributed by atoms with van der Waals surface area (Å²) in [7, 11) is -3.43. The van der Waals surface area contributed by atoms with Crippen molar-refractivity contribution in [2.45, 2.75) is 39.0 Å². The van der Waals surface area contributed by atoms with Crippen LogP contribution in [0.5, 0.6) is 0 Å². The summed E-state index contributed by atoms with van der Waals surface area (Å²) in [5.41, 5.74) is 1.66. The average molecular weight is 332 g/mol. The molecule has 0 radical (unpaired) electrons. The molecule has 2 rings (SSSR count). The third kappa shape index (κ3) is 6.12. The van der Waals surface area contributed by atoms with Crippen LogP contribution in [0.3, 0.4) is 0 Å². The lowest BCUT2D eigenvalue weighted by Crippen LogP contribution is -2.32. The van der Waals surface area contributed by atoms with Gasteiger partial charge < -0.3 is 0 Å². The topological polar surface area (TPSA) is 59.1 Å². The molecule has 5 heteroatoms. The van der Waals surface area contributed by atoms with Crippen molar-refractivity contribution in [3.05, 3.63) is 66.0 Å². The van der Waals surface area contributed by atoms with Crippen LogP contribution in [-0.2, 0) is 15.8 Å². The number of benzene rings is 1. The number of hydrogen-bond acceptors (Lipinski definition) is 3. The van der Waals surface area contributed by atoms with Crippen LogP contribution in [0, 0.1) is 5.41 Å². The minimum atomic E-state index is -3.43. The van der Waals surface area contributed by atoms with Crippen molar-refractivity contribution in [3.8, 4) is 0 Å². The quantitative estimate of drug-likeness (QED) is 0.878. The van der Waals surface area contributed by atoms with E-state index in [-0.39, 0.29) is 17.2 Å². The van der Waals surface area contributed by atoms with Crippen molar-refractivity contribution in [1.29, 1.82) is 0 Å². The van der Waals surface area contributed by atoms with Gasteiger partial charge in [0.25, 0.3) is 0 Å². The van der Waals surface area contributed by atoms with Crippen LogP contribution in [0.2, 0.25) is 0 Å². The van der Waals surface area contributed by atoms with E-state index >= 15 is 0 Å². The zero-order valence-electron chi connectivity index (χ0n) is 13.9. The van der Waals surface area contributed by atoms with E-state index in [1.165, 1.54) is 0 Å². The first kappa shape index (κ1) is 17.6. The second-order valence-electron chi connectivity index (χ2n) is 6.97. The molecule has 1 N–H and O–H groups in total. The molecule has 23 heavy (non-hydrogen) atoms. The molecule has 1 atom stereocenters. The molecular formula is C18H24N2O2S. The summed E-state index contributed by atoms with van der Waals surface area (Å²) in [5.74, 6) is -0.0191. The number of nitrogens with zero attached hydrogens (tertiary/aromatic N) is 1. The van der Waals surface area contributed by atoms with E-state index in [1.54, 1.807) is 12.4 Å². The highest BCUT2D eigenvalue weighted by atomic mass is 32.2. The summed E-state index contributed by atoms with van der Waals surface area (Å²) in [5, 5.41) is 0. The van der Waals surface area contributed by atoms with Crippen molar-refractivity contribution in [3.63, 3.8) is 0 Å². The lowest BCUT2D eigenvalue weighted by molar-refractivity contribution is 0.330. The first-order valence-corrected chi connectivity index (χ1v) is 9.34. The fourth-order valence-electron chi connectivity index (χ4n) is 2.47.